The molecule has 0 aliphatic rings. The van der Waals surface area contributed by atoms with E-state index in [2.05, 4.69) is 146 Å². The van der Waals surface area contributed by atoms with Crippen molar-refractivity contribution in [1.82, 2.24) is 0 Å². The molecule has 37 heavy (non-hydrogen) atoms. The molecule has 0 heteroatoms. The molecule has 0 saturated heterocycles. The van der Waals surface area contributed by atoms with Crippen LogP contribution in [-0.2, 0) is 0 Å². The van der Waals surface area contributed by atoms with Crippen LogP contribution in [0, 0.1) is 6.92 Å². The topological polar surface area (TPSA) is 0 Å². The van der Waals surface area contributed by atoms with E-state index >= 15 is 0 Å². The molecule has 7 rings (SSSR count). The Bertz CT molecular complexity index is 1920. The minimum absolute atomic E-state index is 1.24. The van der Waals surface area contributed by atoms with E-state index in [1.165, 1.54) is 71.3 Å². The van der Waals surface area contributed by atoms with Crippen LogP contribution in [0.25, 0.3) is 65.7 Å². The quantitative estimate of drug-likeness (QED) is 0.225. The summed E-state index contributed by atoms with van der Waals surface area (Å²) in [6, 6.07) is 51.0. The van der Waals surface area contributed by atoms with E-state index in [1.807, 2.05) is 0 Å². The highest BCUT2D eigenvalue weighted by atomic mass is 14.1. The van der Waals surface area contributed by atoms with Gasteiger partial charge in [-0.15, -0.1) is 0 Å². The summed E-state index contributed by atoms with van der Waals surface area (Å²) in [7, 11) is 0. The number of rotatable bonds is 3. The minimum Gasteiger partial charge on any atom is -0.0616 e. The molecule has 174 valence electrons. The predicted octanol–water partition coefficient (Wildman–Crippen LogP) is 10.5. The molecular weight excluding hydrogens is 444 g/mol. The monoisotopic (exact) mass is 470 g/mol. The van der Waals surface area contributed by atoms with E-state index in [-0.39, 0.29) is 0 Å². The summed E-state index contributed by atoms with van der Waals surface area (Å²) in [6.45, 7) is 2.13. The number of fused-ring (bicyclic) bond motifs is 4. The first-order chi connectivity index (χ1) is 18.2. The third-order valence-corrected chi connectivity index (χ3v) is 7.52. The van der Waals surface area contributed by atoms with Crippen molar-refractivity contribution in [2.24, 2.45) is 0 Å². The fourth-order valence-electron chi connectivity index (χ4n) is 5.52. The van der Waals surface area contributed by atoms with Crippen molar-refractivity contribution in [3.8, 4) is 33.4 Å². The molecule has 0 heterocycles. The SMILES string of the molecule is Cc1ccc(-c2ccc3c(ccc4cc(-c5cccc(-c6cccc7ccccc67)c5)ccc43)c2)cc1. The first-order valence-electron chi connectivity index (χ1n) is 12.9. The molecule has 0 nitrogen and oxygen atoms in total. The van der Waals surface area contributed by atoms with Gasteiger partial charge in [-0.2, -0.15) is 0 Å². The maximum absolute atomic E-state index is 2.32. The first-order valence-corrected chi connectivity index (χ1v) is 12.9. The zero-order valence-electron chi connectivity index (χ0n) is 20.8. The first kappa shape index (κ1) is 21.6. The number of hydrogen-bond donors (Lipinski definition) is 0. The molecule has 0 fully saturated rings. The van der Waals surface area contributed by atoms with Crippen LogP contribution in [0.4, 0.5) is 0 Å². The van der Waals surface area contributed by atoms with Gasteiger partial charge in [0.05, 0.1) is 0 Å². The zero-order valence-corrected chi connectivity index (χ0v) is 20.8. The van der Waals surface area contributed by atoms with Crippen LogP contribution in [0.3, 0.4) is 0 Å². The van der Waals surface area contributed by atoms with Crippen LogP contribution in [0.5, 0.6) is 0 Å². The van der Waals surface area contributed by atoms with E-state index in [0.717, 1.165) is 0 Å². The zero-order chi connectivity index (χ0) is 24.8. The van der Waals surface area contributed by atoms with Crippen molar-refractivity contribution in [1.29, 1.82) is 0 Å². The smallest absolute Gasteiger partial charge is 0.0105 e. The van der Waals surface area contributed by atoms with Gasteiger partial charge in [-0.1, -0.05) is 127 Å². The Hall–Kier alpha value is -4.68. The van der Waals surface area contributed by atoms with Crippen molar-refractivity contribution in [3.63, 3.8) is 0 Å². The maximum Gasteiger partial charge on any atom is -0.0105 e. The van der Waals surface area contributed by atoms with Gasteiger partial charge in [0.2, 0.25) is 0 Å². The van der Waals surface area contributed by atoms with Gasteiger partial charge in [0, 0.05) is 0 Å². The van der Waals surface area contributed by atoms with E-state index in [9.17, 15) is 0 Å². The van der Waals surface area contributed by atoms with Gasteiger partial charge >= 0.3 is 0 Å². The van der Waals surface area contributed by atoms with Crippen molar-refractivity contribution in [2.75, 3.05) is 0 Å². The lowest BCUT2D eigenvalue weighted by atomic mass is 9.93. The lowest BCUT2D eigenvalue weighted by molar-refractivity contribution is 1.47. The third kappa shape index (κ3) is 3.88. The van der Waals surface area contributed by atoms with Crippen LogP contribution in [-0.4, -0.2) is 0 Å². The summed E-state index contributed by atoms with van der Waals surface area (Å²) in [5.74, 6) is 0. The molecule has 0 bridgehead atoms. The second kappa shape index (κ2) is 8.76. The van der Waals surface area contributed by atoms with E-state index < -0.39 is 0 Å². The summed E-state index contributed by atoms with van der Waals surface area (Å²) in [5, 5.41) is 7.69. The molecule has 0 aromatic heterocycles. The molecular formula is C37H26. The molecule has 0 unspecified atom stereocenters. The Labute approximate surface area is 217 Å². The van der Waals surface area contributed by atoms with Crippen LogP contribution in [0.2, 0.25) is 0 Å². The summed E-state index contributed by atoms with van der Waals surface area (Å²) >= 11 is 0. The van der Waals surface area contributed by atoms with E-state index in [1.54, 1.807) is 0 Å². The molecule has 0 aliphatic heterocycles. The summed E-state index contributed by atoms with van der Waals surface area (Å²) in [4.78, 5) is 0. The summed E-state index contributed by atoms with van der Waals surface area (Å²) in [5.41, 5.74) is 8.80. The number of aryl methyl sites for hydroxylation is 1. The molecule has 7 aromatic carbocycles. The number of hydrogen-bond acceptors (Lipinski definition) is 0. The van der Waals surface area contributed by atoms with E-state index in [0.29, 0.717) is 0 Å². The van der Waals surface area contributed by atoms with Crippen molar-refractivity contribution < 1.29 is 0 Å². The Kier molecular flexibility index (Phi) is 5.11. The van der Waals surface area contributed by atoms with Crippen molar-refractivity contribution in [2.45, 2.75) is 6.92 Å². The molecule has 0 atom stereocenters. The second-order valence-electron chi connectivity index (χ2n) is 9.91. The highest BCUT2D eigenvalue weighted by molar-refractivity contribution is 6.09. The molecule has 0 radical (unpaired) electrons. The summed E-state index contributed by atoms with van der Waals surface area (Å²) in [6.07, 6.45) is 0. The molecule has 7 aromatic rings. The average Bonchev–Trinajstić information content (AvgIpc) is 2.96. The molecule has 0 aliphatic carbocycles. The molecule has 0 spiro atoms. The van der Waals surface area contributed by atoms with Crippen LogP contribution in [0.15, 0.2) is 140 Å². The van der Waals surface area contributed by atoms with E-state index in [4.69, 9.17) is 0 Å². The van der Waals surface area contributed by atoms with Crippen molar-refractivity contribution >= 4 is 32.3 Å². The highest BCUT2D eigenvalue weighted by Gasteiger charge is 2.08. The number of benzene rings is 7. The van der Waals surface area contributed by atoms with Gasteiger partial charge in [0.25, 0.3) is 0 Å². The van der Waals surface area contributed by atoms with Gasteiger partial charge in [0.15, 0.2) is 0 Å². The van der Waals surface area contributed by atoms with Crippen molar-refractivity contribution in [3.05, 3.63) is 145 Å². The van der Waals surface area contributed by atoms with Crippen LogP contribution >= 0.6 is 0 Å². The van der Waals surface area contributed by atoms with Gasteiger partial charge in [-0.25, -0.2) is 0 Å². The molecule has 0 N–H and O–H groups in total. The molecule has 0 saturated carbocycles. The average molecular weight is 471 g/mol. The normalized spacial score (nSPS) is 11.4. The lowest BCUT2D eigenvalue weighted by Crippen LogP contribution is -1.85. The van der Waals surface area contributed by atoms with Gasteiger partial charge in [-0.05, 0) is 90.8 Å². The van der Waals surface area contributed by atoms with Gasteiger partial charge < -0.3 is 0 Å². The van der Waals surface area contributed by atoms with Crippen LogP contribution < -0.4 is 0 Å². The fourth-order valence-corrected chi connectivity index (χ4v) is 5.52. The summed E-state index contributed by atoms with van der Waals surface area (Å²) < 4.78 is 0. The standard InChI is InChI=1S/C37H26/c1-25-12-14-26(15-13-25)29-18-20-36-32(23-29)16-17-33-24-30(19-21-37(33)36)28-8-4-9-31(22-28)35-11-5-7-27-6-2-3-10-34(27)35/h2-24H,1H3. The largest absolute Gasteiger partial charge is 0.0616 e. The van der Waals surface area contributed by atoms with Crippen LogP contribution in [0.1, 0.15) is 5.56 Å². The lowest BCUT2D eigenvalue weighted by Gasteiger charge is -2.11. The second-order valence-corrected chi connectivity index (χ2v) is 9.91. The third-order valence-electron chi connectivity index (χ3n) is 7.52. The van der Waals surface area contributed by atoms with Gasteiger partial charge in [-0.3, -0.25) is 0 Å². The minimum atomic E-state index is 1.24. The Balaban J connectivity index is 1.29. The Morgan fingerprint density at radius 1 is 0.324 bits per heavy atom. The fraction of sp³-hybridized carbons (Fsp3) is 0.0270. The Morgan fingerprint density at radius 2 is 0.892 bits per heavy atom. The Morgan fingerprint density at radius 3 is 1.65 bits per heavy atom. The van der Waals surface area contributed by atoms with Gasteiger partial charge in [0.1, 0.15) is 0 Å². The molecule has 0 amide bonds. The predicted molar refractivity (Wildman–Crippen MR) is 160 cm³/mol. The maximum atomic E-state index is 2.32. The highest BCUT2D eigenvalue weighted by Crippen LogP contribution is 2.35.